The summed E-state index contributed by atoms with van der Waals surface area (Å²) in [5.74, 6) is 1.18. The molecule has 2 bridgehead atoms. The third kappa shape index (κ3) is 4.82. The Morgan fingerprint density at radius 2 is 1.89 bits per heavy atom. The summed E-state index contributed by atoms with van der Waals surface area (Å²) in [6.45, 7) is 4.37. The fourth-order valence-corrected chi connectivity index (χ4v) is 6.29. The van der Waals surface area contributed by atoms with Gasteiger partial charge < -0.3 is 15.0 Å². The van der Waals surface area contributed by atoms with Gasteiger partial charge in [-0.05, 0) is 55.0 Å². The molecule has 0 amide bonds. The van der Waals surface area contributed by atoms with E-state index in [2.05, 4.69) is 49.4 Å². The summed E-state index contributed by atoms with van der Waals surface area (Å²) in [5.41, 5.74) is 1.42. The lowest BCUT2D eigenvalue weighted by molar-refractivity contribution is 0.108. The zero-order valence-corrected chi connectivity index (χ0v) is 20.1. The second-order valence-corrected chi connectivity index (χ2v) is 10.1. The number of hydrogen-bond acceptors (Lipinski definition) is 7. The predicted octanol–water partition coefficient (Wildman–Crippen LogP) is 3.90. The Hall–Kier alpha value is -2.84. The van der Waals surface area contributed by atoms with Crippen LogP contribution in [0.2, 0.25) is 0 Å². The number of anilines is 2. The molecular formula is C27H33FN6O. The van der Waals surface area contributed by atoms with Crippen LogP contribution in [0.15, 0.2) is 42.9 Å². The van der Waals surface area contributed by atoms with E-state index in [1.165, 1.54) is 48.2 Å². The lowest BCUT2D eigenvalue weighted by atomic mass is 9.85. The minimum absolute atomic E-state index is 0.299. The normalized spacial score (nSPS) is 24.7. The fraction of sp³-hybridized carbons (Fsp3) is 0.519. The molecule has 0 saturated carbocycles. The molecule has 0 aliphatic carbocycles. The van der Waals surface area contributed by atoms with Gasteiger partial charge in [-0.15, -0.1) is 0 Å². The Morgan fingerprint density at radius 3 is 2.71 bits per heavy atom. The number of fused-ring (bicyclic) bond motifs is 3. The summed E-state index contributed by atoms with van der Waals surface area (Å²) in [4.78, 5) is 17.7. The summed E-state index contributed by atoms with van der Waals surface area (Å²) in [7, 11) is 0. The number of nitrogens with zero attached hydrogens (tertiary/aromatic N) is 5. The predicted molar refractivity (Wildman–Crippen MR) is 135 cm³/mol. The van der Waals surface area contributed by atoms with Gasteiger partial charge in [0.1, 0.15) is 0 Å². The Balaban J connectivity index is 1.05. The van der Waals surface area contributed by atoms with Crippen LogP contribution in [0.5, 0.6) is 0 Å². The average molecular weight is 477 g/mol. The van der Waals surface area contributed by atoms with E-state index in [1.54, 1.807) is 0 Å². The molecule has 0 spiro atoms. The first-order chi connectivity index (χ1) is 17.2. The van der Waals surface area contributed by atoms with E-state index < -0.39 is 5.82 Å². The summed E-state index contributed by atoms with van der Waals surface area (Å²) < 4.78 is 19.8. The Morgan fingerprint density at radius 1 is 1.06 bits per heavy atom. The Kier molecular flexibility index (Phi) is 6.48. The molecule has 3 saturated heterocycles. The highest BCUT2D eigenvalue weighted by Crippen LogP contribution is 2.40. The number of aromatic nitrogens is 3. The average Bonchev–Trinajstić information content (AvgIpc) is 3.13. The SMILES string of the molecule is Fc1cnc(N2CCOCC2)nc1NCCN1C2CCC1CC(Cc1cccc3ccncc13)C2. The molecule has 3 fully saturated rings. The number of morpholine rings is 1. The molecule has 35 heavy (non-hydrogen) atoms. The number of hydrogen-bond donors (Lipinski definition) is 1. The monoisotopic (exact) mass is 476 g/mol. The lowest BCUT2D eigenvalue weighted by Crippen LogP contribution is -2.45. The Bertz CT molecular complexity index is 1150. The van der Waals surface area contributed by atoms with E-state index in [9.17, 15) is 4.39 Å². The smallest absolute Gasteiger partial charge is 0.227 e. The van der Waals surface area contributed by atoms with Crippen LogP contribution in [0.1, 0.15) is 31.2 Å². The van der Waals surface area contributed by atoms with Gasteiger partial charge in [0, 0.05) is 56.0 Å². The van der Waals surface area contributed by atoms with Gasteiger partial charge >= 0.3 is 0 Å². The molecule has 2 unspecified atom stereocenters. The largest absolute Gasteiger partial charge is 0.378 e. The van der Waals surface area contributed by atoms with Gasteiger partial charge in [0.25, 0.3) is 0 Å². The number of pyridine rings is 1. The van der Waals surface area contributed by atoms with E-state index in [4.69, 9.17) is 4.74 Å². The molecule has 1 aromatic carbocycles. The molecule has 6 rings (SSSR count). The van der Waals surface area contributed by atoms with Crippen LogP contribution < -0.4 is 10.2 Å². The van der Waals surface area contributed by atoms with Gasteiger partial charge in [-0.1, -0.05) is 18.2 Å². The van der Waals surface area contributed by atoms with Crippen molar-refractivity contribution in [3.63, 3.8) is 0 Å². The second-order valence-electron chi connectivity index (χ2n) is 10.1. The zero-order valence-electron chi connectivity index (χ0n) is 20.1. The maximum Gasteiger partial charge on any atom is 0.227 e. The number of piperidine rings is 1. The van der Waals surface area contributed by atoms with Gasteiger partial charge in [-0.25, -0.2) is 9.37 Å². The van der Waals surface area contributed by atoms with Gasteiger partial charge in [-0.3, -0.25) is 9.88 Å². The van der Waals surface area contributed by atoms with Crippen molar-refractivity contribution in [2.24, 2.45) is 5.92 Å². The van der Waals surface area contributed by atoms with E-state index >= 15 is 0 Å². The van der Waals surface area contributed by atoms with Gasteiger partial charge in [-0.2, -0.15) is 4.98 Å². The van der Waals surface area contributed by atoms with Crippen LogP contribution in [-0.4, -0.2) is 71.3 Å². The van der Waals surface area contributed by atoms with Crippen LogP contribution in [0.3, 0.4) is 0 Å². The minimum atomic E-state index is -0.395. The molecule has 3 aliphatic heterocycles. The molecule has 7 nitrogen and oxygen atoms in total. The zero-order chi connectivity index (χ0) is 23.6. The first-order valence-corrected chi connectivity index (χ1v) is 12.9. The fourth-order valence-electron chi connectivity index (χ4n) is 6.29. The third-order valence-electron chi connectivity index (χ3n) is 7.95. The number of benzene rings is 1. The van der Waals surface area contributed by atoms with Crippen molar-refractivity contribution in [2.75, 3.05) is 49.6 Å². The minimum Gasteiger partial charge on any atom is -0.378 e. The number of halogens is 1. The van der Waals surface area contributed by atoms with Crippen LogP contribution in [0.4, 0.5) is 16.2 Å². The third-order valence-corrected chi connectivity index (χ3v) is 7.95. The van der Waals surface area contributed by atoms with Crippen molar-refractivity contribution in [3.05, 3.63) is 54.2 Å². The maximum absolute atomic E-state index is 14.4. The molecule has 1 N–H and O–H groups in total. The topological polar surface area (TPSA) is 66.4 Å². The molecule has 3 aromatic rings. The van der Waals surface area contributed by atoms with Crippen molar-refractivity contribution < 1.29 is 9.13 Å². The van der Waals surface area contributed by atoms with Crippen molar-refractivity contribution in [3.8, 4) is 0 Å². The van der Waals surface area contributed by atoms with E-state index in [-0.39, 0.29) is 0 Å². The van der Waals surface area contributed by atoms with E-state index in [0.717, 1.165) is 26.1 Å². The Labute approximate surface area is 205 Å². The van der Waals surface area contributed by atoms with Crippen LogP contribution in [0.25, 0.3) is 10.8 Å². The quantitative estimate of drug-likeness (QED) is 0.555. The summed E-state index contributed by atoms with van der Waals surface area (Å²) in [6.07, 6.45) is 11.3. The number of nitrogens with one attached hydrogen (secondary N) is 1. The first-order valence-electron chi connectivity index (χ1n) is 12.9. The molecule has 2 aromatic heterocycles. The van der Waals surface area contributed by atoms with Crippen molar-refractivity contribution >= 4 is 22.5 Å². The van der Waals surface area contributed by atoms with Crippen molar-refractivity contribution in [2.45, 2.75) is 44.2 Å². The molecule has 184 valence electrons. The van der Waals surface area contributed by atoms with Crippen LogP contribution in [0, 0.1) is 11.7 Å². The summed E-state index contributed by atoms with van der Waals surface area (Å²) in [6, 6.07) is 9.95. The highest BCUT2D eigenvalue weighted by molar-refractivity contribution is 5.84. The number of ether oxygens (including phenoxy) is 1. The molecular weight excluding hydrogens is 443 g/mol. The lowest BCUT2D eigenvalue weighted by Gasteiger charge is -2.39. The molecule has 5 heterocycles. The van der Waals surface area contributed by atoms with Gasteiger partial charge in [0.2, 0.25) is 5.95 Å². The van der Waals surface area contributed by atoms with Crippen LogP contribution >= 0.6 is 0 Å². The first kappa shape index (κ1) is 22.6. The van der Waals surface area contributed by atoms with Crippen LogP contribution in [-0.2, 0) is 11.2 Å². The van der Waals surface area contributed by atoms with E-state index in [0.29, 0.717) is 49.5 Å². The highest BCUT2D eigenvalue weighted by Gasteiger charge is 2.40. The van der Waals surface area contributed by atoms with Crippen molar-refractivity contribution in [1.82, 2.24) is 19.9 Å². The highest BCUT2D eigenvalue weighted by atomic mass is 19.1. The summed E-state index contributed by atoms with van der Waals surface area (Å²) >= 11 is 0. The molecule has 2 atom stereocenters. The maximum atomic E-state index is 14.4. The van der Waals surface area contributed by atoms with E-state index in [1.807, 2.05) is 17.3 Å². The van der Waals surface area contributed by atoms with Gasteiger partial charge in [0.15, 0.2) is 11.6 Å². The second kappa shape index (κ2) is 10.0. The molecule has 0 radical (unpaired) electrons. The van der Waals surface area contributed by atoms with Crippen molar-refractivity contribution in [1.29, 1.82) is 0 Å². The number of rotatable bonds is 7. The van der Waals surface area contributed by atoms with Gasteiger partial charge in [0.05, 0.1) is 19.4 Å². The summed E-state index contributed by atoms with van der Waals surface area (Å²) in [5, 5.41) is 5.81. The molecule has 8 heteroatoms. The standard InChI is InChI=1S/C27H33FN6O/c28-25-18-31-27(33-10-12-35-13-11-33)32-26(25)30-8-9-34-22-4-5-23(34)16-19(15-22)14-21-3-1-2-20-6-7-29-17-24(20)21/h1-3,6-7,17-19,22-23H,4-5,8-16H2,(H,30,31,32). The molecule has 3 aliphatic rings.